The van der Waals surface area contributed by atoms with Crippen LogP contribution >= 0.6 is 0 Å². The maximum absolute atomic E-state index is 10.9. The van der Waals surface area contributed by atoms with Crippen molar-refractivity contribution in [1.82, 2.24) is 4.90 Å². The molecule has 1 unspecified atom stereocenters. The van der Waals surface area contributed by atoms with Gasteiger partial charge in [0.2, 0.25) is 0 Å². The maximum atomic E-state index is 10.9. The number of hydrogen-bond acceptors (Lipinski definition) is 2. The van der Waals surface area contributed by atoms with Gasteiger partial charge < -0.3 is 5.11 Å². The van der Waals surface area contributed by atoms with Crippen molar-refractivity contribution in [3.05, 3.63) is 35.9 Å². The normalized spacial score (nSPS) is 23.1. The fourth-order valence-corrected chi connectivity index (χ4v) is 2.06. The molecule has 15 heavy (non-hydrogen) atoms. The molecule has 1 aromatic carbocycles. The lowest BCUT2D eigenvalue weighted by molar-refractivity contribution is -0.150. The molecule has 1 aliphatic heterocycles. The van der Waals surface area contributed by atoms with Gasteiger partial charge in [0, 0.05) is 12.6 Å². The summed E-state index contributed by atoms with van der Waals surface area (Å²) in [6.07, 6.45) is 0.770. The molecule has 1 aromatic rings. The number of carboxylic acid groups (broad SMARTS) is 1. The van der Waals surface area contributed by atoms with Gasteiger partial charge in [0.15, 0.2) is 0 Å². The minimum Gasteiger partial charge on any atom is -0.480 e. The zero-order chi connectivity index (χ0) is 10.8. The van der Waals surface area contributed by atoms with Crippen molar-refractivity contribution in [2.75, 3.05) is 6.54 Å². The Kier molecular flexibility index (Phi) is 2.73. The molecule has 0 spiro atoms. The molecule has 1 saturated heterocycles. The van der Waals surface area contributed by atoms with Crippen molar-refractivity contribution in [3.63, 3.8) is 0 Å². The van der Waals surface area contributed by atoms with Crippen molar-refractivity contribution in [2.24, 2.45) is 0 Å². The molecule has 2 rings (SSSR count). The predicted octanol–water partition coefficient (Wildman–Crippen LogP) is 1.91. The third-order valence-electron chi connectivity index (χ3n) is 3.13. The lowest BCUT2D eigenvalue weighted by atomic mass is 9.96. The Hall–Kier alpha value is -1.35. The van der Waals surface area contributed by atoms with Crippen LogP contribution in [0.3, 0.4) is 0 Å². The number of likely N-dealkylation sites (tertiary alicyclic amines) is 1. The van der Waals surface area contributed by atoms with Crippen LogP contribution in [0.15, 0.2) is 30.3 Å². The monoisotopic (exact) mass is 205 g/mol. The zero-order valence-electron chi connectivity index (χ0n) is 8.76. The minimum atomic E-state index is -0.705. The van der Waals surface area contributed by atoms with Crippen LogP contribution in [0.4, 0.5) is 0 Å². The first kappa shape index (κ1) is 10.2. The van der Waals surface area contributed by atoms with Gasteiger partial charge in [-0.1, -0.05) is 30.3 Å². The topological polar surface area (TPSA) is 40.5 Å². The maximum Gasteiger partial charge on any atom is 0.320 e. The fourth-order valence-electron chi connectivity index (χ4n) is 2.06. The average Bonchev–Trinajstić information content (AvgIpc) is 2.16. The van der Waals surface area contributed by atoms with Crippen molar-refractivity contribution in [1.29, 1.82) is 0 Å². The number of hydrogen-bond donors (Lipinski definition) is 1. The van der Waals surface area contributed by atoms with Crippen molar-refractivity contribution < 1.29 is 9.90 Å². The number of aliphatic carboxylic acids is 1. The standard InChI is InChI=1S/C12H15NO2/c1-9(10-5-3-2-4-6-10)13-8-7-11(13)12(14)15/h2-6,9,11H,7-8H2,1H3,(H,14,15)/t9-,11?/m0/s1. The second kappa shape index (κ2) is 4.03. The van der Waals surface area contributed by atoms with E-state index >= 15 is 0 Å². The highest BCUT2D eigenvalue weighted by Crippen LogP contribution is 2.29. The highest BCUT2D eigenvalue weighted by molar-refractivity contribution is 5.74. The van der Waals surface area contributed by atoms with E-state index in [0.29, 0.717) is 0 Å². The SMILES string of the molecule is C[C@@H](c1ccccc1)N1CCC1C(=O)O. The minimum absolute atomic E-state index is 0.195. The van der Waals surface area contributed by atoms with Crippen molar-refractivity contribution in [3.8, 4) is 0 Å². The van der Waals surface area contributed by atoms with Crippen molar-refractivity contribution in [2.45, 2.75) is 25.4 Å². The molecule has 3 heteroatoms. The molecule has 2 atom stereocenters. The number of carbonyl (C=O) groups is 1. The summed E-state index contributed by atoms with van der Waals surface area (Å²) in [6.45, 7) is 2.94. The van der Waals surface area contributed by atoms with E-state index in [1.54, 1.807) is 0 Å². The largest absolute Gasteiger partial charge is 0.480 e. The first-order valence-corrected chi connectivity index (χ1v) is 5.23. The van der Waals surface area contributed by atoms with Gasteiger partial charge in [-0.25, -0.2) is 0 Å². The van der Waals surface area contributed by atoms with E-state index in [1.165, 1.54) is 5.56 Å². The summed E-state index contributed by atoms with van der Waals surface area (Å²) in [4.78, 5) is 12.9. The van der Waals surface area contributed by atoms with Gasteiger partial charge >= 0.3 is 5.97 Å². The van der Waals surface area contributed by atoms with E-state index in [4.69, 9.17) is 5.11 Å². The summed E-state index contributed by atoms with van der Waals surface area (Å²) in [5, 5.41) is 8.96. The van der Waals surface area contributed by atoms with Gasteiger partial charge in [-0.05, 0) is 18.9 Å². The van der Waals surface area contributed by atoms with Gasteiger partial charge in [-0.3, -0.25) is 9.69 Å². The van der Waals surface area contributed by atoms with E-state index in [2.05, 4.69) is 6.92 Å². The molecule has 0 amide bonds. The molecular weight excluding hydrogens is 190 g/mol. The van der Waals surface area contributed by atoms with Gasteiger partial charge in [0.05, 0.1) is 0 Å². The molecule has 1 N–H and O–H groups in total. The third-order valence-corrected chi connectivity index (χ3v) is 3.13. The molecule has 0 aliphatic carbocycles. The summed E-state index contributed by atoms with van der Waals surface area (Å²) < 4.78 is 0. The van der Waals surface area contributed by atoms with E-state index in [-0.39, 0.29) is 12.1 Å². The lowest BCUT2D eigenvalue weighted by Gasteiger charge is -2.42. The molecule has 1 aliphatic rings. The Morgan fingerprint density at radius 3 is 2.60 bits per heavy atom. The second-order valence-electron chi connectivity index (χ2n) is 3.97. The number of nitrogens with zero attached hydrogens (tertiary/aromatic N) is 1. The Morgan fingerprint density at radius 2 is 2.13 bits per heavy atom. The summed E-state index contributed by atoms with van der Waals surface area (Å²) in [5.41, 5.74) is 1.18. The predicted molar refractivity (Wildman–Crippen MR) is 57.6 cm³/mol. The van der Waals surface area contributed by atoms with Crippen LogP contribution in [0.5, 0.6) is 0 Å². The van der Waals surface area contributed by atoms with E-state index in [1.807, 2.05) is 35.2 Å². The van der Waals surface area contributed by atoms with Crippen LogP contribution in [-0.2, 0) is 4.79 Å². The first-order valence-electron chi connectivity index (χ1n) is 5.23. The van der Waals surface area contributed by atoms with E-state index in [9.17, 15) is 4.79 Å². The Bertz CT molecular complexity index is 350. The van der Waals surface area contributed by atoms with Gasteiger partial charge in [0.25, 0.3) is 0 Å². The molecular formula is C12H15NO2. The van der Waals surface area contributed by atoms with Gasteiger partial charge in [-0.15, -0.1) is 0 Å². The average molecular weight is 205 g/mol. The van der Waals surface area contributed by atoms with Crippen LogP contribution in [0.25, 0.3) is 0 Å². The molecule has 0 bridgehead atoms. The molecule has 0 aromatic heterocycles. The van der Waals surface area contributed by atoms with Crippen LogP contribution in [0.2, 0.25) is 0 Å². The molecule has 0 saturated carbocycles. The van der Waals surface area contributed by atoms with Crippen LogP contribution < -0.4 is 0 Å². The summed E-state index contributed by atoms with van der Waals surface area (Å²) in [7, 11) is 0. The van der Waals surface area contributed by atoms with Gasteiger partial charge in [0.1, 0.15) is 6.04 Å². The van der Waals surface area contributed by atoms with Crippen LogP contribution in [0, 0.1) is 0 Å². The molecule has 80 valence electrons. The Morgan fingerprint density at radius 1 is 1.47 bits per heavy atom. The van der Waals surface area contributed by atoms with E-state index in [0.717, 1.165) is 13.0 Å². The molecule has 0 radical (unpaired) electrons. The second-order valence-corrected chi connectivity index (χ2v) is 3.97. The molecule has 1 fully saturated rings. The quantitative estimate of drug-likeness (QED) is 0.819. The fraction of sp³-hybridized carbons (Fsp3) is 0.417. The molecule has 1 heterocycles. The highest BCUT2D eigenvalue weighted by Gasteiger charge is 2.37. The lowest BCUT2D eigenvalue weighted by Crippen LogP contribution is -2.53. The van der Waals surface area contributed by atoms with Gasteiger partial charge in [-0.2, -0.15) is 0 Å². The zero-order valence-corrected chi connectivity index (χ0v) is 8.76. The first-order chi connectivity index (χ1) is 7.20. The van der Waals surface area contributed by atoms with Crippen LogP contribution in [-0.4, -0.2) is 28.6 Å². The van der Waals surface area contributed by atoms with Crippen molar-refractivity contribution >= 4 is 5.97 Å². The van der Waals surface area contributed by atoms with Crippen LogP contribution in [0.1, 0.15) is 24.9 Å². The number of carboxylic acids is 1. The molecule has 3 nitrogen and oxygen atoms in total. The highest BCUT2D eigenvalue weighted by atomic mass is 16.4. The Labute approximate surface area is 89.3 Å². The Balaban J connectivity index is 2.09. The summed E-state index contributed by atoms with van der Waals surface area (Å²) in [6, 6.07) is 9.94. The summed E-state index contributed by atoms with van der Waals surface area (Å²) >= 11 is 0. The number of rotatable bonds is 3. The smallest absolute Gasteiger partial charge is 0.320 e. The summed E-state index contributed by atoms with van der Waals surface area (Å²) in [5.74, 6) is -0.705. The third kappa shape index (κ3) is 1.88. The van der Waals surface area contributed by atoms with E-state index < -0.39 is 5.97 Å². The number of benzene rings is 1.